The van der Waals surface area contributed by atoms with E-state index >= 15 is 0 Å². The summed E-state index contributed by atoms with van der Waals surface area (Å²) in [4.78, 5) is 0. The van der Waals surface area contributed by atoms with E-state index in [1.165, 1.54) is 12.1 Å². The smallest absolute Gasteiger partial charge is 0.163 e. The second kappa shape index (κ2) is 4.30. The number of halogens is 2. The highest BCUT2D eigenvalue weighted by Gasteiger charge is 2.13. The van der Waals surface area contributed by atoms with Gasteiger partial charge in [-0.1, -0.05) is 12.1 Å². The molecule has 0 aromatic heterocycles. The summed E-state index contributed by atoms with van der Waals surface area (Å²) in [6.07, 6.45) is 0.223. The molecule has 1 rings (SSSR count). The fraction of sp³-hybridized carbons (Fsp3) is 0.333. The number of aliphatic hydroxyl groups excluding tert-OH is 1. The molecule has 72 valence electrons. The lowest BCUT2D eigenvalue weighted by molar-refractivity contribution is 0.275. The fourth-order valence-corrected chi connectivity index (χ4v) is 1.10. The Bertz CT molecular complexity index is 291. The van der Waals surface area contributed by atoms with Crippen LogP contribution in [0.15, 0.2) is 18.2 Å². The van der Waals surface area contributed by atoms with E-state index in [0.717, 1.165) is 6.07 Å². The molecule has 1 aromatic rings. The zero-order chi connectivity index (χ0) is 9.84. The molecule has 0 aliphatic rings. The molecule has 4 heteroatoms. The van der Waals surface area contributed by atoms with E-state index in [1.807, 2.05) is 0 Å². The SMILES string of the molecule is NC(CCO)c1cccc(F)c1F. The molecule has 0 saturated carbocycles. The van der Waals surface area contributed by atoms with Gasteiger partial charge < -0.3 is 10.8 Å². The minimum absolute atomic E-state index is 0.106. The van der Waals surface area contributed by atoms with Crippen molar-refractivity contribution in [3.63, 3.8) is 0 Å². The van der Waals surface area contributed by atoms with Crippen LogP contribution in [0.3, 0.4) is 0 Å². The third-order valence-electron chi connectivity index (χ3n) is 1.82. The van der Waals surface area contributed by atoms with Crippen LogP contribution < -0.4 is 5.73 Å². The summed E-state index contributed by atoms with van der Waals surface area (Å²) < 4.78 is 25.7. The van der Waals surface area contributed by atoms with Gasteiger partial charge in [-0.2, -0.15) is 0 Å². The minimum atomic E-state index is -0.927. The average Bonchev–Trinajstić information content (AvgIpc) is 2.10. The number of nitrogens with two attached hydrogens (primary N) is 1. The van der Waals surface area contributed by atoms with E-state index in [9.17, 15) is 8.78 Å². The third-order valence-corrected chi connectivity index (χ3v) is 1.82. The first kappa shape index (κ1) is 10.1. The van der Waals surface area contributed by atoms with Crippen molar-refractivity contribution in [1.82, 2.24) is 0 Å². The maximum Gasteiger partial charge on any atom is 0.163 e. The van der Waals surface area contributed by atoms with Crippen LogP contribution in [0, 0.1) is 11.6 Å². The van der Waals surface area contributed by atoms with Gasteiger partial charge in [-0.15, -0.1) is 0 Å². The monoisotopic (exact) mass is 187 g/mol. The Morgan fingerprint density at radius 1 is 1.38 bits per heavy atom. The zero-order valence-corrected chi connectivity index (χ0v) is 7.00. The molecule has 0 bridgehead atoms. The molecule has 0 heterocycles. The fourth-order valence-electron chi connectivity index (χ4n) is 1.10. The van der Waals surface area contributed by atoms with E-state index in [4.69, 9.17) is 10.8 Å². The molecule has 0 radical (unpaired) electrons. The summed E-state index contributed by atoms with van der Waals surface area (Å²) in [5.41, 5.74) is 5.61. The predicted octanol–water partition coefficient (Wildman–Crippen LogP) is 1.35. The summed E-state index contributed by atoms with van der Waals surface area (Å²) in [5, 5.41) is 8.56. The topological polar surface area (TPSA) is 46.2 Å². The molecule has 1 unspecified atom stereocenters. The highest BCUT2D eigenvalue weighted by atomic mass is 19.2. The second-order valence-electron chi connectivity index (χ2n) is 2.76. The lowest BCUT2D eigenvalue weighted by Crippen LogP contribution is -2.14. The Hall–Kier alpha value is -1.00. The number of hydrogen-bond donors (Lipinski definition) is 2. The summed E-state index contributed by atoms with van der Waals surface area (Å²) in [6.45, 7) is -0.142. The van der Waals surface area contributed by atoms with Gasteiger partial charge in [0.05, 0.1) is 0 Å². The molecular formula is C9H11F2NO. The Morgan fingerprint density at radius 2 is 2.08 bits per heavy atom. The molecule has 0 aliphatic carbocycles. The van der Waals surface area contributed by atoms with Crippen LogP contribution in [0.2, 0.25) is 0 Å². The molecule has 2 nitrogen and oxygen atoms in total. The quantitative estimate of drug-likeness (QED) is 0.750. The molecular weight excluding hydrogens is 176 g/mol. The molecule has 1 atom stereocenters. The lowest BCUT2D eigenvalue weighted by Gasteiger charge is -2.11. The standard InChI is InChI=1S/C9H11F2NO/c10-7-3-1-2-6(9(7)11)8(12)4-5-13/h1-3,8,13H,4-5,12H2. The normalized spacial score (nSPS) is 12.9. The molecule has 0 amide bonds. The van der Waals surface area contributed by atoms with E-state index in [1.54, 1.807) is 0 Å². The van der Waals surface area contributed by atoms with Gasteiger partial charge in [-0.05, 0) is 12.5 Å². The van der Waals surface area contributed by atoms with Gasteiger partial charge in [0.15, 0.2) is 11.6 Å². The van der Waals surface area contributed by atoms with E-state index in [2.05, 4.69) is 0 Å². The molecule has 1 aromatic carbocycles. The van der Waals surface area contributed by atoms with Crippen molar-refractivity contribution in [2.24, 2.45) is 5.73 Å². The lowest BCUT2D eigenvalue weighted by atomic mass is 10.0. The van der Waals surface area contributed by atoms with Crippen molar-refractivity contribution in [1.29, 1.82) is 0 Å². The third kappa shape index (κ3) is 2.23. The van der Waals surface area contributed by atoms with Crippen molar-refractivity contribution in [3.05, 3.63) is 35.4 Å². The maximum absolute atomic E-state index is 13.0. The van der Waals surface area contributed by atoms with Crippen molar-refractivity contribution in [2.75, 3.05) is 6.61 Å². The van der Waals surface area contributed by atoms with Gasteiger partial charge in [-0.3, -0.25) is 0 Å². The number of rotatable bonds is 3. The second-order valence-corrected chi connectivity index (χ2v) is 2.76. The molecule has 0 saturated heterocycles. The summed E-state index contributed by atoms with van der Waals surface area (Å²) in [6, 6.07) is 3.19. The van der Waals surface area contributed by atoms with Crippen LogP contribution in [-0.4, -0.2) is 11.7 Å². The molecule has 0 spiro atoms. The van der Waals surface area contributed by atoms with Gasteiger partial charge in [0.1, 0.15) is 0 Å². The first-order chi connectivity index (χ1) is 6.16. The highest BCUT2D eigenvalue weighted by Crippen LogP contribution is 2.19. The van der Waals surface area contributed by atoms with Crippen LogP contribution in [0.4, 0.5) is 8.78 Å². The van der Waals surface area contributed by atoms with Crippen LogP contribution in [0.25, 0.3) is 0 Å². The average molecular weight is 187 g/mol. The van der Waals surface area contributed by atoms with E-state index < -0.39 is 17.7 Å². The van der Waals surface area contributed by atoms with Gasteiger partial charge in [0, 0.05) is 18.2 Å². The number of benzene rings is 1. The van der Waals surface area contributed by atoms with Gasteiger partial charge in [0.25, 0.3) is 0 Å². The number of hydrogen-bond acceptors (Lipinski definition) is 2. The molecule has 3 N–H and O–H groups in total. The van der Waals surface area contributed by atoms with Crippen molar-refractivity contribution < 1.29 is 13.9 Å². The molecule has 0 fully saturated rings. The van der Waals surface area contributed by atoms with E-state index in [-0.39, 0.29) is 18.6 Å². The first-order valence-electron chi connectivity index (χ1n) is 3.97. The summed E-state index contributed by atoms with van der Waals surface area (Å²) in [7, 11) is 0. The Kier molecular flexibility index (Phi) is 3.33. The van der Waals surface area contributed by atoms with Crippen LogP contribution >= 0.6 is 0 Å². The maximum atomic E-state index is 13.0. The Morgan fingerprint density at radius 3 is 2.69 bits per heavy atom. The van der Waals surface area contributed by atoms with E-state index in [0.29, 0.717) is 0 Å². The molecule has 0 aliphatic heterocycles. The summed E-state index contributed by atoms with van der Waals surface area (Å²) >= 11 is 0. The first-order valence-corrected chi connectivity index (χ1v) is 3.97. The highest BCUT2D eigenvalue weighted by molar-refractivity contribution is 5.22. The largest absolute Gasteiger partial charge is 0.396 e. The van der Waals surface area contributed by atoms with Crippen molar-refractivity contribution >= 4 is 0 Å². The van der Waals surface area contributed by atoms with Gasteiger partial charge in [-0.25, -0.2) is 8.78 Å². The van der Waals surface area contributed by atoms with Crippen molar-refractivity contribution in [3.8, 4) is 0 Å². The van der Waals surface area contributed by atoms with Gasteiger partial charge >= 0.3 is 0 Å². The Balaban J connectivity index is 2.93. The van der Waals surface area contributed by atoms with Crippen LogP contribution in [0.1, 0.15) is 18.0 Å². The Labute approximate surface area is 75.0 Å². The zero-order valence-electron chi connectivity index (χ0n) is 7.00. The predicted molar refractivity (Wildman–Crippen MR) is 45.0 cm³/mol. The minimum Gasteiger partial charge on any atom is -0.396 e. The van der Waals surface area contributed by atoms with Crippen LogP contribution in [-0.2, 0) is 0 Å². The molecule has 13 heavy (non-hydrogen) atoms. The number of aliphatic hydroxyl groups is 1. The summed E-state index contributed by atoms with van der Waals surface area (Å²) in [5.74, 6) is -1.84. The van der Waals surface area contributed by atoms with Crippen LogP contribution in [0.5, 0.6) is 0 Å². The van der Waals surface area contributed by atoms with Gasteiger partial charge in [0.2, 0.25) is 0 Å². The van der Waals surface area contributed by atoms with Crippen molar-refractivity contribution in [2.45, 2.75) is 12.5 Å².